The van der Waals surface area contributed by atoms with Crippen molar-refractivity contribution in [3.05, 3.63) is 48.0 Å². The van der Waals surface area contributed by atoms with Gasteiger partial charge in [0.25, 0.3) is 0 Å². The molecule has 0 bridgehead atoms. The molecule has 3 nitrogen and oxygen atoms in total. The van der Waals surface area contributed by atoms with Gasteiger partial charge < -0.3 is 4.74 Å². The monoisotopic (exact) mass is 269 g/mol. The molecule has 0 saturated carbocycles. The standard InChI is InChI=1S/C14H19NO2.ClH/c1-11(2)14(16)17-13(15(3)4)10-12-8-6-5-7-9-12;/h5-9,13H,1,10H2,2-4H3;1H. The number of carbonyl (C=O) groups is 1. The molecule has 0 aromatic heterocycles. The maximum Gasteiger partial charge on any atom is 0.334 e. The van der Waals surface area contributed by atoms with Gasteiger partial charge in [-0.15, -0.1) is 12.4 Å². The number of carbonyl (C=O) groups excluding carboxylic acids is 1. The third-order valence-electron chi connectivity index (χ3n) is 2.42. The highest BCUT2D eigenvalue weighted by Gasteiger charge is 2.17. The van der Waals surface area contributed by atoms with E-state index in [0.717, 1.165) is 5.56 Å². The predicted octanol–water partition coefficient (Wildman–Crippen LogP) is 2.66. The van der Waals surface area contributed by atoms with Crippen LogP contribution in [0.4, 0.5) is 0 Å². The summed E-state index contributed by atoms with van der Waals surface area (Å²) >= 11 is 0. The largest absolute Gasteiger partial charge is 0.443 e. The number of rotatable bonds is 5. The Balaban J connectivity index is 0.00000289. The third kappa shape index (κ3) is 5.34. The van der Waals surface area contributed by atoms with E-state index in [0.29, 0.717) is 12.0 Å². The zero-order valence-electron chi connectivity index (χ0n) is 11.1. The highest BCUT2D eigenvalue weighted by molar-refractivity contribution is 5.87. The Hall–Kier alpha value is -1.32. The van der Waals surface area contributed by atoms with Crippen LogP contribution in [0.15, 0.2) is 42.5 Å². The molecule has 0 aliphatic heterocycles. The molecule has 0 saturated heterocycles. The van der Waals surface area contributed by atoms with Gasteiger partial charge >= 0.3 is 5.97 Å². The van der Waals surface area contributed by atoms with E-state index in [-0.39, 0.29) is 24.6 Å². The first-order valence-electron chi connectivity index (χ1n) is 5.57. The lowest BCUT2D eigenvalue weighted by atomic mass is 10.1. The molecule has 1 atom stereocenters. The van der Waals surface area contributed by atoms with Crippen molar-refractivity contribution in [2.45, 2.75) is 19.6 Å². The number of likely N-dealkylation sites (N-methyl/N-ethyl adjacent to an activating group) is 1. The van der Waals surface area contributed by atoms with Gasteiger partial charge in [0.15, 0.2) is 6.23 Å². The Kier molecular flexibility index (Phi) is 7.32. The van der Waals surface area contributed by atoms with E-state index in [2.05, 4.69) is 6.58 Å². The molecule has 0 heterocycles. The molecule has 0 aliphatic carbocycles. The average Bonchev–Trinajstić information content (AvgIpc) is 2.29. The minimum atomic E-state index is -0.348. The summed E-state index contributed by atoms with van der Waals surface area (Å²) in [7, 11) is 3.78. The highest BCUT2D eigenvalue weighted by Crippen LogP contribution is 2.09. The number of ether oxygens (including phenoxy) is 1. The van der Waals surface area contributed by atoms with Gasteiger partial charge in [-0.05, 0) is 26.6 Å². The van der Waals surface area contributed by atoms with Crippen molar-refractivity contribution >= 4 is 18.4 Å². The van der Waals surface area contributed by atoms with Crippen LogP contribution >= 0.6 is 12.4 Å². The number of benzene rings is 1. The maximum atomic E-state index is 11.5. The number of hydrogen-bond donors (Lipinski definition) is 0. The van der Waals surface area contributed by atoms with Crippen molar-refractivity contribution in [3.63, 3.8) is 0 Å². The predicted molar refractivity (Wildman–Crippen MR) is 75.8 cm³/mol. The molecule has 4 heteroatoms. The van der Waals surface area contributed by atoms with E-state index in [4.69, 9.17) is 4.74 Å². The number of nitrogens with zero attached hydrogens (tertiary/aromatic N) is 1. The minimum Gasteiger partial charge on any atom is -0.443 e. The summed E-state index contributed by atoms with van der Waals surface area (Å²) in [6.45, 7) is 5.23. The Morgan fingerprint density at radius 3 is 2.33 bits per heavy atom. The molecule has 18 heavy (non-hydrogen) atoms. The van der Waals surface area contributed by atoms with E-state index in [1.54, 1.807) is 6.92 Å². The van der Waals surface area contributed by atoms with Crippen LogP contribution < -0.4 is 0 Å². The lowest BCUT2D eigenvalue weighted by Gasteiger charge is -2.24. The molecule has 0 radical (unpaired) electrons. The van der Waals surface area contributed by atoms with Crippen LogP contribution in [0, 0.1) is 0 Å². The van der Waals surface area contributed by atoms with Crippen LogP contribution in [0.5, 0.6) is 0 Å². The zero-order valence-corrected chi connectivity index (χ0v) is 11.9. The molecule has 0 fully saturated rings. The number of esters is 1. The molecule has 1 unspecified atom stereocenters. The molecule has 0 N–H and O–H groups in total. The Morgan fingerprint density at radius 2 is 1.89 bits per heavy atom. The lowest BCUT2D eigenvalue weighted by Crippen LogP contribution is -2.35. The van der Waals surface area contributed by atoms with Gasteiger partial charge in [0.1, 0.15) is 0 Å². The summed E-state index contributed by atoms with van der Waals surface area (Å²) in [6.07, 6.45) is 0.411. The normalized spacial score (nSPS) is 11.6. The smallest absolute Gasteiger partial charge is 0.334 e. The molecule has 0 amide bonds. The quantitative estimate of drug-likeness (QED) is 0.468. The van der Waals surface area contributed by atoms with Gasteiger partial charge in [-0.3, -0.25) is 4.90 Å². The first-order chi connectivity index (χ1) is 8.00. The second-order valence-corrected chi connectivity index (χ2v) is 4.29. The third-order valence-corrected chi connectivity index (χ3v) is 2.42. The molecular formula is C14H20ClNO2. The minimum absolute atomic E-state index is 0. The summed E-state index contributed by atoms with van der Waals surface area (Å²) in [5.74, 6) is -0.348. The van der Waals surface area contributed by atoms with E-state index in [1.807, 2.05) is 49.3 Å². The summed E-state index contributed by atoms with van der Waals surface area (Å²) in [6, 6.07) is 9.95. The first-order valence-corrected chi connectivity index (χ1v) is 5.57. The van der Waals surface area contributed by atoms with Gasteiger partial charge in [-0.1, -0.05) is 36.9 Å². The van der Waals surface area contributed by atoms with Crippen LogP contribution in [-0.2, 0) is 16.0 Å². The van der Waals surface area contributed by atoms with Crippen LogP contribution in [0.3, 0.4) is 0 Å². The van der Waals surface area contributed by atoms with E-state index in [1.165, 1.54) is 0 Å². The Labute approximate surface area is 115 Å². The van der Waals surface area contributed by atoms with Crippen LogP contribution in [0.2, 0.25) is 0 Å². The molecule has 1 aromatic carbocycles. The van der Waals surface area contributed by atoms with Crippen molar-refractivity contribution in [3.8, 4) is 0 Å². The lowest BCUT2D eigenvalue weighted by molar-refractivity contribution is -0.151. The summed E-state index contributed by atoms with van der Waals surface area (Å²) in [5, 5.41) is 0. The summed E-state index contributed by atoms with van der Waals surface area (Å²) in [4.78, 5) is 13.4. The van der Waals surface area contributed by atoms with Gasteiger partial charge in [0.05, 0.1) is 0 Å². The number of hydrogen-bond acceptors (Lipinski definition) is 3. The van der Waals surface area contributed by atoms with Crippen LogP contribution in [0.25, 0.3) is 0 Å². The average molecular weight is 270 g/mol. The molecule has 0 spiro atoms. The van der Waals surface area contributed by atoms with Crippen LogP contribution in [0.1, 0.15) is 12.5 Å². The fourth-order valence-electron chi connectivity index (χ4n) is 1.37. The van der Waals surface area contributed by atoms with E-state index in [9.17, 15) is 4.79 Å². The van der Waals surface area contributed by atoms with E-state index >= 15 is 0 Å². The van der Waals surface area contributed by atoms with Crippen molar-refractivity contribution in [2.24, 2.45) is 0 Å². The topological polar surface area (TPSA) is 29.5 Å². The van der Waals surface area contributed by atoms with Gasteiger partial charge in [0.2, 0.25) is 0 Å². The molecule has 1 rings (SSSR count). The maximum absolute atomic E-state index is 11.5. The summed E-state index contributed by atoms with van der Waals surface area (Å²) in [5.41, 5.74) is 1.56. The Morgan fingerprint density at radius 1 is 1.33 bits per heavy atom. The highest BCUT2D eigenvalue weighted by atomic mass is 35.5. The molecule has 0 aliphatic rings. The zero-order chi connectivity index (χ0) is 12.8. The van der Waals surface area contributed by atoms with Crippen LogP contribution in [-0.4, -0.2) is 31.2 Å². The Bertz CT molecular complexity index is 390. The fraction of sp³-hybridized carbons (Fsp3) is 0.357. The first kappa shape index (κ1) is 16.7. The van der Waals surface area contributed by atoms with Crippen molar-refractivity contribution in [1.82, 2.24) is 4.90 Å². The second kappa shape index (κ2) is 7.90. The van der Waals surface area contributed by atoms with Crippen molar-refractivity contribution in [2.75, 3.05) is 14.1 Å². The molecule has 100 valence electrons. The van der Waals surface area contributed by atoms with Gasteiger partial charge in [-0.25, -0.2) is 4.79 Å². The van der Waals surface area contributed by atoms with Crippen molar-refractivity contribution < 1.29 is 9.53 Å². The molecular weight excluding hydrogens is 250 g/mol. The SMILES string of the molecule is C=C(C)C(=O)OC(Cc1ccccc1)N(C)C.Cl. The second-order valence-electron chi connectivity index (χ2n) is 4.29. The van der Waals surface area contributed by atoms with E-state index < -0.39 is 0 Å². The molecule has 1 aromatic rings. The number of halogens is 1. The van der Waals surface area contributed by atoms with Crippen molar-refractivity contribution in [1.29, 1.82) is 0 Å². The summed E-state index contributed by atoms with van der Waals surface area (Å²) < 4.78 is 5.36. The fourth-order valence-corrected chi connectivity index (χ4v) is 1.37. The van der Waals surface area contributed by atoms with Gasteiger partial charge in [-0.2, -0.15) is 0 Å². The van der Waals surface area contributed by atoms with Gasteiger partial charge in [0, 0.05) is 12.0 Å².